The van der Waals surface area contributed by atoms with Crippen molar-refractivity contribution in [2.24, 2.45) is 5.41 Å². The lowest BCUT2D eigenvalue weighted by Gasteiger charge is -2.27. The molecule has 3 nitrogen and oxygen atoms in total. The first-order valence-corrected chi connectivity index (χ1v) is 12.3. The van der Waals surface area contributed by atoms with Gasteiger partial charge in [0, 0.05) is 19.0 Å². The number of halogens is 1. The summed E-state index contributed by atoms with van der Waals surface area (Å²) in [5.74, 6) is 0.814. The minimum Gasteiger partial charge on any atom is -0.426 e. The molecule has 0 aliphatic carbocycles. The highest BCUT2D eigenvalue weighted by Crippen LogP contribution is 2.36. The second-order valence-electron chi connectivity index (χ2n) is 10.2. The molecule has 0 atom stereocenters. The summed E-state index contributed by atoms with van der Waals surface area (Å²) in [6.07, 6.45) is 1.09. The third kappa shape index (κ3) is 6.07. The number of rotatable bonds is 8. The lowest BCUT2D eigenvalue weighted by atomic mass is 9.85. The van der Waals surface area contributed by atoms with Crippen LogP contribution < -0.4 is 10.1 Å². The SMILES string of the molecule is CC(C)(C)C(=O)Oc1ccc(C(=C(CCCF)c2ccccc2)c2ccc(C3CNC3)cc2)cc1. The Balaban J connectivity index is 1.77. The number of hydrogen-bond donors (Lipinski definition) is 1. The second kappa shape index (κ2) is 11.0. The summed E-state index contributed by atoms with van der Waals surface area (Å²) in [7, 11) is 0. The standard InChI is InChI=1S/C31H34FNO2/c1-31(2,3)30(34)35-27-17-15-25(16-18-27)29(24-13-11-22(12-14-24)26-20-33-21-26)28(10-7-19-32)23-8-5-4-6-9-23/h4-6,8-9,11-18,26,33H,7,10,19-21H2,1-3H3. The van der Waals surface area contributed by atoms with Crippen LogP contribution in [0.4, 0.5) is 4.39 Å². The normalized spacial score (nSPS) is 14.7. The molecule has 0 radical (unpaired) electrons. The van der Waals surface area contributed by atoms with Crippen LogP contribution in [0, 0.1) is 5.41 Å². The molecule has 1 aliphatic rings. The van der Waals surface area contributed by atoms with Gasteiger partial charge in [-0.15, -0.1) is 0 Å². The fourth-order valence-corrected chi connectivity index (χ4v) is 4.21. The lowest BCUT2D eigenvalue weighted by molar-refractivity contribution is -0.142. The zero-order valence-corrected chi connectivity index (χ0v) is 20.8. The zero-order valence-electron chi connectivity index (χ0n) is 20.8. The molecule has 0 aromatic heterocycles. The Labute approximate surface area is 208 Å². The fourth-order valence-electron chi connectivity index (χ4n) is 4.21. The average molecular weight is 472 g/mol. The first kappa shape index (κ1) is 24.9. The van der Waals surface area contributed by atoms with E-state index < -0.39 is 5.41 Å². The first-order valence-electron chi connectivity index (χ1n) is 12.3. The zero-order chi connectivity index (χ0) is 24.8. The van der Waals surface area contributed by atoms with Crippen LogP contribution in [-0.2, 0) is 4.79 Å². The number of alkyl halides is 1. The van der Waals surface area contributed by atoms with Crippen molar-refractivity contribution >= 4 is 17.1 Å². The van der Waals surface area contributed by atoms with E-state index in [0.717, 1.165) is 40.9 Å². The summed E-state index contributed by atoms with van der Waals surface area (Å²) in [6, 6.07) is 26.6. The maximum atomic E-state index is 13.3. The van der Waals surface area contributed by atoms with Gasteiger partial charge < -0.3 is 10.1 Å². The summed E-state index contributed by atoms with van der Waals surface area (Å²) in [4.78, 5) is 12.3. The largest absolute Gasteiger partial charge is 0.426 e. The van der Waals surface area contributed by atoms with E-state index in [9.17, 15) is 9.18 Å². The smallest absolute Gasteiger partial charge is 0.316 e. The number of esters is 1. The molecule has 1 aliphatic heterocycles. The van der Waals surface area contributed by atoms with Gasteiger partial charge in [-0.2, -0.15) is 0 Å². The quantitative estimate of drug-likeness (QED) is 0.218. The molecule has 182 valence electrons. The molecule has 1 fully saturated rings. The van der Waals surface area contributed by atoms with Gasteiger partial charge in [0.25, 0.3) is 0 Å². The molecule has 3 aromatic carbocycles. The van der Waals surface area contributed by atoms with E-state index in [2.05, 4.69) is 41.7 Å². The van der Waals surface area contributed by atoms with Gasteiger partial charge in [-0.25, -0.2) is 0 Å². The van der Waals surface area contributed by atoms with Crippen molar-refractivity contribution in [3.63, 3.8) is 0 Å². The molecule has 0 spiro atoms. The molecule has 0 amide bonds. The van der Waals surface area contributed by atoms with E-state index in [1.54, 1.807) is 0 Å². The van der Waals surface area contributed by atoms with Crippen molar-refractivity contribution in [1.82, 2.24) is 5.32 Å². The molecule has 4 rings (SSSR count). The molecule has 0 saturated carbocycles. The van der Waals surface area contributed by atoms with Crippen LogP contribution in [0.5, 0.6) is 5.75 Å². The van der Waals surface area contributed by atoms with Crippen molar-refractivity contribution in [3.05, 3.63) is 101 Å². The number of hydrogen-bond acceptors (Lipinski definition) is 3. The Morgan fingerprint density at radius 1 is 0.886 bits per heavy atom. The van der Waals surface area contributed by atoms with Gasteiger partial charge in [0.15, 0.2) is 0 Å². The van der Waals surface area contributed by atoms with E-state index in [4.69, 9.17) is 4.74 Å². The minimum absolute atomic E-state index is 0.269. The van der Waals surface area contributed by atoms with Gasteiger partial charge in [0.2, 0.25) is 0 Å². The van der Waals surface area contributed by atoms with Crippen molar-refractivity contribution in [2.45, 2.75) is 39.5 Å². The summed E-state index contributed by atoms with van der Waals surface area (Å²) in [6.45, 7) is 7.19. The van der Waals surface area contributed by atoms with Crippen molar-refractivity contribution < 1.29 is 13.9 Å². The predicted molar refractivity (Wildman–Crippen MR) is 141 cm³/mol. The maximum Gasteiger partial charge on any atom is 0.316 e. The number of ether oxygens (including phenoxy) is 1. The van der Waals surface area contributed by atoms with Crippen LogP contribution in [-0.4, -0.2) is 25.7 Å². The van der Waals surface area contributed by atoms with Crippen LogP contribution in [0.1, 0.15) is 61.8 Å². The van der Waals surface area contributed by atoms with Gasteiger partial charge in [-0.05, 0) is 79.1 Å². The number of carbonyl (C=O) groups is 1. The predicted octanol–water partition coefficient (Wildman–Crippen LogP) is 7.03. The Morgan fingerprint density at radius 3 is 2.00 bits per heavy atom. The first-order chi connectivity index (χ1) is 16.9. The number of nitrogens with one attached hydrogen (secondary N) is 1. The number of allylic oxidation sites excluding steroid dienone is 1. The number of carbonyl (C=O) groups excluding carboxylic acids is 1. The Kier molecular flexibility index (Phi) is 7.82. The van der Waals surface area contributed by atoms with E-state index in [1.807, 2.05) is 63.2 Å². The number of benzene rings is 3. The topological polar surface area (TPSA) is 38.3 Å². The van der Waals surface area contributed by atoms with Crippen LogP contribution in [0.25, 0.3) is 11.1 Å². The van der Waals surface area contributed by atoms with Crippen molar-refractivity contribution in [2.75, 3.05) is 19.8 Å². The summed E-state index contributed by atoms with van der Waals surface area (Å²) in [5, 5.41) is 3.33. The van der Waals surface area contributed by atoms with E-state index in [0.29, 0.717) is 24.5 Å². The third-order valence-corrected chi connectivity index (χ3v) is 6.40. The molecular weight excluding hydrogens is 437 g/mol. The van der Waals surface area contributed by atoms with Gasteiger partial charge in [-0.1, -0.05) is 66.7 Å². The van der Waals surface area contributed by atoms with Gasteiger partial charge in [0.05, 0.1) is 12.1 Å². The molecule has 0 bridgehead atoms. The molecule has 3 aromatic rings. The monoisotopic (exact) mass is 471 g/mol. The molecule has 4 heteroatoms. The molecule has 1 N–H and O–H groups in total. The van der Waals surface area contributed by atoms with Gasteiger partial charge >= 0.3 is 5.97 Å². The summed E-state index contributed by atoms with van der Waals surface area (Å²) >= 11 is 0. The summed E-state index contributed by atoms with van der Waals surface area (Å²) in [5.41, 5.74) is 6.15. The Bertz CT molecular complexity index is 1160. The Morgan fingerprint density at radius 2 is 1.49 bits per heavy atom. The van der Waals surface area contributed by atoms with Crippen LogP contribution >= 0.6 is 0 Å². The third-order valence-electron chi connectivity index (χ3n) is 6.40. The van der Waals surface area contributed by atoms with Crippen LogP contribution in [0.15, 0.2) is 78.9 Å². The highest BCUT2D eigenvalue weighted by atomic mass is 19.1. The minimum atomic E-state index is -0.575. The summed E-state index contributed by atoms with van der Waals surface area (Å²) < 4.78 is 18.9. The molecule has 35 heavy (non-hydrogen) atoms. The molecule has 0 unspecified atom stereocenters. The highest BCUT2D eigenvalue weighted by Gasteiger charge is 2.24. The van der Waals surface area contributed by atoms with Crippen molar-refractivity contribution in [1.29, 1.82) is 0 Å². The van der Waals surface area contributed by atoms with E-state index in [-0.39, 0.29) is 12.6 Å². The van der Waals surface area contributed by atoms with E-state index in [1.165, 1.54) is 5.56 Å². The molecule has 1 saturated heterocycles. The second-order valence-corrected chi connectivity index (χ2v) is 10.2. The van der Waals surface area contributed by atoms with Gasteiger partial charge in [-0.3, -0.25) is 9.18 Å². The fraction of sp³-hybridized carbons (Fsp3) is 0.323. The highest BCUT2D eigenvalue weighted by molar-refractivity contribution is 5.98. The lowest BCUT2D eigenvalue weighted by Crippen LogP contribution is -2.39. The molecular formula is C31H34FNO2. The maximum absolute atomic E-state index is 13.3. The van der Waals surface area contributed by atoms with Crippen molar-refractivity contribution in [3.8, 4) is 5.75 Å². The Hall–Kier alpha value is -3.24. The van der Waals surface area contributed by atoms with Crippen LogP contribution in [0.2, 0.25) is 0 Å². The van der Waals surface area contributed by atoms with E-state index >= 15 is 0 Å². The average Bonchev–Trinajstić information content (AvgIpc) is 2.82. The van der Waals surface area contributed by atoms with Crippen LogP contribution in [0.3, 0.4) is 0 Å². The molecule has 1 heterocycles. The van der Waals surface area contributed by atoms with Gasteiger partial charge in [0.1, 0.15) is 5.75 Å².